The third kappa shape index (κ3) is 5.87. The minimum Gasteiger partial charge on any atom is -0.207 e. The number of benzene rings is 2. The van der Waals surface area contributed by atoms with Crippen molar-refractivity contribution >= 4 is 0 Å². The first kappa shape index (κ1) is 21.2. The van der Waals surface area contributed by atoms with Crippen LogP contribution in [0.25, 0.3) is 0 Å². The summed E-state index contributed by atoms with van der Waals surface area (Å²) in [5.41, 5.74) is 0.933. The van der Waals surface area contributed by atoms with Crippen LogP contribution in [0.5, 0.6) is 0 Å². The number of aryl methyl sites for hydroxylation is 1. The van der Waals surface area contributed by atoms with Crippen molar-refractivity contribution in [3.8, 4) is 0 Å². The quantitative estimate of drug-likeness (QED) is 0.455. The SMILES string of the molecule is CC(C)(C)c1c(F)cc(F)cc1F.Cc1ccc(C(C)(C)C)c(F)c1. The maximum absolute atomic E-state index is 13.3. The van der Waals surface area contributed by atoms with E-state index in [0.29, 0.717) is 12.1 Å². The molecule has 0 heterocycles. The van der Waals surface area contributed by atoms with Crippen molar-refractivity contribution in [1.29, 1.82) is 0 Å². The Hall–Kier alpha value is -1.84. The van der Waals surface area contributed by atoms with Crippen LogP contribution in [0.1, 0.15) is 58.2 Å². The fourth-order valence-electron chi connectivity index (χ4n) is 2.49. The second-order valence-electron chi connectivity index (χ2n) is 8.23. The highest BCUT2D eigenvalue weighted by Gasteiger charge is 2.23. The second-order valence-corrected chi connectivity index (χ2v) is 8.23. The van der Waals surface area contributed by atoms with Gasteiger partial charge < -0.3 is 0 Å². The Balaban J connectivity index is 0.000000251. The number of hydrogen-bond donors (Lipinski definition) is 0. The summed E-state index contributed by atoms with van der Waals surface area (Å²) in [6, 6.07) is 6.79. The normalized spacial score (nSPS) is 11.8. The molecule has 2 aromatic carbocycles. The zero-order valence-electron chi connectivity index (χ0n) is 15.9. The fourth-order valence-corrected chi connectivity index (χ4v) is 2.49. The minimum atomic E-state index is -0.886. The van der Waals surface area contributed by atoms with Gasteiger partial charge in [0.25, 0.3) is 0 Å². The van der Waals surface area contributed by atoms with Gasteiger partial charge in [0, 0.05) is 17.7 Å². The van der Waals surface area contributed by atoms with Gasteiger partial charge >= 0.3 is 0 Å². The topological polar surface area (TPSA) is 0 Å². The zero-order valence-corrected chi connectivity index (χ0v) is 15.9. The summed E-state index contributed by atoms with van der Waals surface area (Å²) >= 11 is 0. The van der Waals surface area contributed by atoms with Gasteiger partial charge in [-0.3, -0.25) is 0 Å². The van der Waals surface area contributed by atoms with E-state index in [2.05, 4.69) is 0 Å². The van der Waals surface area contributed by atoms with E-state index in [1.54, 1.807) is 26.8 Å². The van der Waals surface area contributed by atoms with E-state index in [1.807, 2.05) is 39.8 Å². The van der Waals surface area contributed by atoms with Crippen LogP contribution >= 0.6 is 0 Å². The van der Waals surface area contributed by atoms with E-state index in [9.17, 15) is 17.6 Å². The minimum absolute atomic E-state index is 0.0751. The molecule has 0 fully saturated rings. The van der Waals surface area contributed by atoms with Gasteiger partial charge in [-0.1, -0.05) is 53.7 Å². The lowest BCUT2D eigenvalue weighted by atomic mass is 9.86. The van der Waals surface area contributed by atoms with Gasteiger partial charge in [-0.15, -0.1) is 0 Å². The highest BCUT2D eigenvalue weighted by molar-refractivity contribution is 5.28. The largest absolute Gasteiger partial charge is 0.207 e. The lowest BCUT2D eigenvalue weighted by Crippen LogP contribution is -2.16. The van der Waals surface area contributed by atoms with Crippen LogP contribution in [-0.4, -0.2) is 0 Å². The van der Waals surface area contributed by atoms with E-state index in [-0.39, 0.29) is 16.8 Å². The first-order chi connectivity index (χ1) is 11.2. The summed E-state index contributed by atoms with van der Waals surface area (Å²) < 4.78 is 52.1. The van der Waals surface area contributed by atoms with Crippen molar-refractivity contribution in [2.45, 2.75) is 59.3 Å². The molecule has 0 saturated carbocycles. The monoisotopic (exact) mass is 354 g/mol. The standard InChI is InChI=1S/C11H15F.C10H11F3/c1-8-5-6-9(10(12)7-8)11(2,3)4;1-10(2,3)9-7(12)4-6(11)5-8(9)13/h5-7H,1-4H3;4-5H,1-3H3. The van der Waals surface area contributed by atoms with E-state index in [4.69, 9.17) is 0 Å². The molecule has 0 amide bonds. The molecule has 0 N–H and O–H groups in total. The molecule has 0 bridgehead atoms. The van der Waals surface area contributed by atoms with Crippen molar-refractivity contribution in [3.63, 3.8) is 0 Å². The molecule has 25 heavy (non-hydrogen) atoms. The van der Waals surface area contributed by atoms with Crippen LogP contribution in [0.4, 0.5) is 17.6 Å². The average molecular weight is 354 g/mol. The smallest absolute Gasteiger partial charge is 0.132 e. The number of hydrogen-bond acceptors (Lipinski definition) is 0. The molecule has 0 unspecified atom stereocenters. The molecule has 0 radical (unpaired) electrons. The molecule has 0 atom stereocenters. The molecule has 0 aliphatic heterocycles. The van der Waals surface area contributed by atoms with E-state index in [1.165, 1.54) is 0 Å². The summed E-state index contributed by atoms with van der Waals surface area (Å²) in [5, 5.41) is 0. The van der Waals surface area contributed by atoms with Crippen LogP contribution in [-0.2, 0) is 10.8 Å². The summed E-state index contributed by atoms with van der Waals surface area (Å²) in [6.45, 7) is 13.0. The molecule has 0 aliphatic carbocycles. The van der Waals surface area contributed by atoms with Gasteiger partial charge in [0.2, 0.25) is 0 Å². The molecule has 138 valence electrons. The third-order valence-electron chi connectivity index (χ3n) is 3.69. The van der Waals surface area contributed by atoms with Gasteiger partial charge in [0.15, 0.2) is 0 Å². The van der Waals surface area contributed by atoms with Crippen molar-refractivity contribution < 1.29 is 17.6 Å². The summed E-state index contributed by atoms with van der Waals surface area (Å²) in [5.74, 6) is -2.64. The van der Waals surface area contributed by atoms with Crippen LogP contribution in [0.2, 0.25) is 0 Å². The Morgan fingerprint density at radius 1 is 0.640 bits per heavy atom. The molecule has 2 rings (SSSR count). The predicted molar refractivity (Wildman–Crippen MR) is 94.9 cm³/mol. The predicted octanol–water partition coefficient (Wildman–Crippen LogP) is 6.83. The van der Waals surface area contributed by atoms with Crippen LogP contribution in [0, 0.1) is 30.2 Å². The van der Waals surface area contributed by atoms with Crippen molar-refractivity contribution in [3.05, 3.63) is 70.3 Å². The lowest BCUT2D eigenvalue weighted by molar-refractivity contribution is 0.462. The molecule has 4 heteroatoms. The lowest BCUT2D eigenvalue weighted by Gasteiger charge is -2.20. The molecule has 2 aromatic rings. The second kappa shape index (κ2) is 7.59. The first-order valence-electron chi connectivity index (χ1n) is 8.15. The maximum atomic E-state index is 13.3. The van der Waals surface area contributed by atoms with Gasteiger partial charge in [0.1, 0.15) is 23.3 Å². The molecule has 0 aromatic heterocycles. The van der Waals surface area contributed by atoms with Gasteiger partial charge in [-0.2, -0.15) is 0 Å². The van der Waals surface area contributed by atoms with Crippen LogP contribution < -0.4 is 0 Å². The van der Waals surface area contributed by atoms with E-state index < -0.39 is 22.9 Å². The van der Waals surface area contributed by atoms with Crippen molar-refractivity contribution in [2.24, 2.45) is 0 Å². The van der Waals surface area contributed by atoms with Gasteiger partial charge in [0.05, 0.1) is 0 Å². The molecular formula is C21H26F4. The average Bonchev–Trinajstić information content (AvgIpc) is 2.33. The summed E-state index contributed by atoms with van der Waals surface area (Å²) in [6.07, 6.45) is 0. The van der Waals surface area contributed by atoms with Gasteiger partial charge in [-0.25, -0.2) is 17.6 Å². The maximum Gasteiger partial charge on any atom is 0.132 e. The molecule has 0 spiro atoms. The summed E-state index contributed by atoms with van der Waals surface area (Å²) in [7, 11) is 0. The Kier molecular flexibility index (Phi) is 6.44. The third-order valence-corrected chi connectivity index (χ3v) is 3.69. The Bertz CT molecular complexity index is 712. The molecule has 0 aliphatic rings. The van der Waals surface area contributed by atoms with E-state index in [0.717, 1.165) is 11.1 Å². The highest BCUT2D eigenvalue weighted by atomic mass is 19.1. The molecular weight excluding hydrogens is 328 g/mol. The highest BCUT2D eigenvalue weighted by Crippen LogP contribution is 2.28. The van der Waals surface area contributed by atoms with E-state index >= 15 is 0 Å². The first-order valence-corrected chi connectivity index (χ1v) is 8.15. The van der Waals surface area contributed by atoms with Crippen molar-refractivity contribution in [1.82, 2.24) is 0 Å². The van der Waals surface area contributed by atoms with Crippen LogP contribution in [0.15, 0.2) is 30.3 Å². The number of halogens is 4. The Morgan fingerprint density at radius 3 is 1.48 bits per heavy atom. The van der Waals surface area contributed by atoms with Gasteiger partial charge in [-0.05, 0) is 34.9 Å². The summed E-state index contributed by atoms with van der Waals surface area (Å²) in [4.78, 5) is 0. The molecule has 0 nitrogen and oxygen atoms in total. The Morgan fingerprint density at radius 2 is 1.12 bits per heavy atom. The van der Waals surface area contributed by atoms with Crippen LogP contribution in [0.3, 0.4) is 0 Å². The zero-order chi connectivity index (χ0) is 19.6. The fraction of sp³-hybridized carbons (Fsp3) is 0.429. The Labute approximate surface area is 147 Å². The number of rotatable bonds is 0. The molecule has 0 saturated heterocycles. The van der Waals surface area contributed by atoms with Crippen molar-refractivity contribution in [2.75, 3.05) is 0 Å².